The third-order valence-corrected chi connectivity index (χ3v) is 3.27. The average Bonchev–Trinajstić information content (AvgIpc) is 2.28. The molecule has 0 spiro atoms. The Hall–Kier alpha value is -1.08. The van der Waals surface area contributed by atoms with Crippen molar-refractivity contribution in [2.75, 3.05) is 0 Å². The van der Waals surface area contributed by atoms with Crippen molar-refractivity contribution in [3.05, 3.63) is 48.0 Å². The molecule has 16 heavy (non-hydrogen) atoms. The van der Waals surface area contributed by atoms with Crippen molar-refractivity contribution in [2.24, 2.45) is 5.92 Å². The van der Waals surface area contributed by atoms with E-state index < -0.39 is 0 Å². The van der Waals surface area contributed by atoms with Crippen LogP contribution in [0.1, 0.15) is 31.4 Å². The minimum absolute atomic E-state index is 0.526. The van der Waals surface area contributed by atoms with E-state index in [0.29, 0.717) is 12.0 Å². The van der Waals surface area contributed by atoms with Crippen molar-refractivity contribution < 1.29 is 0 Å². The first-order valence-electron chi connectivity index (χ1n) is 6.04. The summed E-state index contributed by atoms with van der Waals surface area (Å²) in [6.07, 6.45) is 3.07. The second kappa shape index (κ2) is 6.49. The maximum Gasteiger partial charge on any atom is 0.0210 e. The van der Waals surface area contributed by atoms with Crippen LogP contribution in [0, 0.1) is 12.8 Å². The highest BCUT2D eigenvalue weighted by atomic mass is 14.9. The van der Waals surface area contributed by atoms with Crippen LogP contribution < -0.4 is 5.32 Å². The second-order valence-corrected chi connectivity index (χ2v) is 4.60. The third kappa shape index (κ3) is 3.82. The molecule has 0 bridgehead atoms. The molecule has 0 saturated carbocycles. The fraction of sp³-hybridized carbons (Fsp3) is 0.467. The lowest BCUT2D eigenvalue weighted by Gasteiger charge is -2.20. The maximum absolute atomic E-state index is 3.79. The molecule has 1 heteroatoms. The van der Waals surface area contributed by atoms with Gasteiger partial charge in [0.05, 0.1) is 0 Å². The van der Waals surface area contributed by atoms with Crippen LogP contribution in [0.3, 0.4) is 0 Å². The summed E-state index contributed by atoms with van der Waals surface area (Å²) in [5.74, 6) is 0.640. The highest BCUT2D eigenvalue weighted by Crippen LogP contribution is 2.11. The van der Waals surface area contributed by atoms with Gasteiger partial charge in [0.25, 0.3) is 0 Å². The van der Waals surface area contributed by atoms with Gasteiger partial charge < -0.3 is 5.32 Å². The number of aryl methyl sites for hydroxylation is 1. The molecule has 1 rings (SSSR count). The van der Waals surface area contributed by atoms with Crippen LogP contribution in [0.15, 0.2) is 36.9 Å². The summed E-state index contributed by atoms with van der Waals surface area (Å²) in [4.78, 5) is 0. The molecule has 0 amide bonds. The first-order chi connectivity index (χ1) is 7.65. The first-order valence-corrected chi connectivity index (χ1v) is 6.04. The highest BCUT2D eigenvalue weighted by molar-refractivity contribution is 5.25. The SMILES string of the molecule is C=CCC(C)C(C)NCc1ccccc1C. The van der Waals surface area contributed by atoms with E-state index in [1.54, 1.807) is 0 Å². The molecule has 0 fully saturated rings. The number of hydrogen-bond donors (Lipinski definition) is 1. The summed E-state index contributed by atoms with van der Waals surface area (Å²) in [5.41, 5.74) is 2.75. The van der Waals surface area contributed by atoms with Crippen LogP contribution in [-0.4, -0.2) is 6.04 Å². The Morgan fingerprint density at radius 2 is 2.00 bits per heavy atom. The summed E-state index contributed by atoms with van der Waals surface area (Å²) in [6.45, 7) is 11.4. The monoisotopic (exact) mass is 217 g/mol. The molecular formula is C15H23N. The summed E-state index contributed by atoms with van der Waals surface area (Å²) in [7, 11) is 0. The van der Waals surface area contributed by atoms with E-state index in [1.165, 1.54) is 11.1 Å². The predicted molar refractivity (Wildman–Crippen MR) is 71.5 cm³/mol. The normalized spacial score (nSPS) is 14.4. The molecule has 0 aromatic heterocycles. The number of nitrogens with one attached hydrogen (secondary N) is 1. The van der Waals surface area contributed by atoms with Gasteiger partial charge >= 0.3 is 0 Å². The Balaban J connectivity index is 2.45. The summed E-state index contributed by atoms with van der Waals surface area (Å²) in [5, 5.41) is 3.58. The van der Waals surface area contributed by atoms with Crippen LogP contribution >= 0.6 is 0 Å². The van der Waals surface area contributed by atoms with E-state index in [1.807, 2.05) is 6.08 Å². The van der Waals surface area contributed by atoms with Crippen LogP contribution in [-0.2, 0) is 6.54 Å². The molecule has 1 aromatic rings. The fourth-order valence-electron chi connectivity index (χ4n) is 1.75. The fourth-order valence-corrected chi connectivity index (χ4v) is 1.75. The molecule has 0 saturated heterocycles. The molecule has 1 N–H and O–H groups in total. The van der Waals surface area contributed by atoms with Crippen molar-refractivity contribution >= 4 is 0 Å². The Labute approximate surface area is 99.6 Å². The number of allylic oxidation sites excluding steroid dienone is 1. The predicted octanol–water partition coefficient (Wildman–Crippen LogP) is 3.69. The van der Waals surface area contributed by atoms with E-state index in [0.717, 1.165) is 13.0 Å². The Bertz CT molecular complexity index is 330. The van der Waals surface area contributed by atoms with Crippen molar-refractivity contribution in [2.45, 2.75) is 39.8 Å². The molecule has 0 heterocycles. The van der Waals surface area contributed by atoms with Gasteiger partial charge in [-0.05, 0) is 37.3 Å². The number of benzene rings is 1. The standard InChI is InChI=1S/C15H23N/c1-5-8-12(2)14(4)16-11-15-10-7-6-9-13(15)3/h5-7,9-10,12,14,16H,1,8,11H2,2-4H3. The van der Waals surface area contributed by atoms with Gasteiger partial charge in [0.15, 0.2) is 0 Å². The Kier molecular flexibility index (Phi) is 5.27. The minimum atomic E-state index is 0.526. The van der Waals surface area contributed by atoms with Gasteiger partial charge in [0, 0.05) is 12.6 Å². The second-order valence-electron chi connectivity index (χ2n) is 4.60. The van der Waals surface area contributed by atoms with E-state index >= 15 is 0 Å². The molecule has 0 aliphatic rings. The smallest absolute Gasteiger partial charge is 0.0210 e. The molecule has 1 aromatic carbocycles. The Morgan fingerprint density at radius 1 is 1.31 bits per heavy atom. The highest BCUT2D eigenvalue weighted by Gasteiger charge is 2.09. The van der Waals surface area contributed by atoms with E-state index in [9.17, 15) is 0 Å². The van der Waals surface area contributed by atoms with E-state index in [4.69, 9.17) is 0 Å². The lowest BCUT2D eigenvalue weighted by molar-refractivity contribution is 0.402. The largest absolute Gasteiger partial charge is 0.310 e. The van der Waals surface area contributed by atoms with Crippen molar-refractivity contribution in [1.29, 1.82) is 0 Å². The molecule has 1 nitrogen and oxygen atoms in total. The van der Waals surface area contributed by atoms with Gasteiger partial charge in [-0.1, -0.05) is 37.3 Å². The topological polar surface area (TPSA) is 12.0 Å². The zero-order valence-corrected chi connectivity index (χ0v) is 10.7. The third-order valence-electron chi connectivity index (χ3n) is 3.27. The lowest BCUT2D eigenvalue weighted by atomic mass is 9.99. The van der Waals surface area contributed by atoms with Gasteiger partial charge in [0.1, 0.15) is 0 Å². The van der Waals surface area contributed by atoms with Crippen molar-refractivity contribution in [3.63, 3.8) is 0 Å². The quantitative estimate of drug-likeness (QED) is 0.717. The van der Waals surface area contributed by atoms with Gasteiger partial charge in [-0.15, -0.1) is 6.58 Å². The first kappa shape index (κ1) is 13.0. The molecule has 88 valence electrons. The summed E-state index contributed by atoms with van der Waals surface area (Å²) < 4.78 is 0. The van der Waals surface area contributed by atoms with Crippen molar-refractivity contribution in [1.82, 2.24) is 5.32 Å². The number of rotatable bonds is 6. The zero-order valence-electron chi connectivity index (χ0n) is 10.7. The average molecular weight is 217 g/mol. The van der Waals surface area contributed by atoms with E-state index in [-0.39, 0.29) is 0 Å². The molecule has 0 radical (unpaired) electrons. The Morgan fingerprint density at radius 3 is 2.62 bits per heavy atom. The molecule has 2 atom stereocenters. The van der Waals surface area contributed by atoms with Gasteiger partial charge in [-0.25, -0.2) is 0 Å². The zero-order chi connectivity index (χ0) is 12.0. The van der Waals surface area contributed by atoms with Crippen molar-refractivity contribution in [3.8, 4) is 0 Å². The number of hydrogen-bond acceptors (Lipinski definition) is 1. The van der Waals surface area contributed by atoms with Crippen LogP contribution in [0.2, 0.25) is 0 Å². The van der Waals surface area contributed by atoms with Crippen LogP contribution in [0.25, 0.3) is 0 Å². The van der Waals surface area contributed by atoms with E-state index in [2.05, 4.69) is 56.9 Å². The lowest BCUT2D eigenvalue weighted by Crippen LogP contribution is -2.31. The van der Waals surface area contributed by atoms with Crippen LogP contribution in [0.5, 0.6) is 0 Å². The molecular weight excluding hydrogens is 194 g/mol. The molecule has 0 aliphatic heterocycles. The summed E-state index contributed by atoms with van der Waals surface area (Å²) >= 11 is 0. The minimum Gasteiger partial charge on any atom is -0.310 e. The van der Waals surface area contributed by atoms with Gasteiger partial charge in [-0.2, -0.15) is 0 Å². The van der Waals surface area contributed by atoms with Crippen LogP contribution in [0.4, 0.5) is 0 Å². The maximum atomic E-state index is 3.79. The molecule has 0 aliphatic carbocycles. The summed E-state index contributed by atoms with van der Waals surface area (Å²) in [6, 6.07) is 9.06. The van der Waals surface area contributed by atoms with Gasteiger partial charge in [-0.3, -0.25) is 0 Å². The molecule has 2 unspecified atom stereocenters. The van der Waals surface area contributed by atoms with Gasteiger partial charge in [0.2, 0.25) is 0 Å².